The normalized spacial score (nSPS) is 11.4. The molecule has 0 aromatic carbocycles. The molecule has 5 N–H and O–H groups in total. The second kappa shape index (κ2) is 8.20. The molecule has 0 saturated carbocycles. The zero-order valence-electron chi connectivity index (χ0n) is 9.52. The Balaban J connectivity index is 3.87. The van der Waals surface area contributed by atoms with Gasteiger partial charge in [0.2, 0.25) is 5.91 Å². The zero-order valence-corrected chi connectivity index (χ0v) is 9.52. The number of amides is 3. The van der Waals surface area contributed by atoms with E-state index in [-0.39, 0.29) is 6.54 Å². The maximum atomic E-state index is 11.3. The van der Waals surface area contributed by atoms with Crippen molar-refractivity contribution < 1.29 is 24.6 Å². The average Bonchev–Trinajstić information content (AvgIpc) is 2.25. The lowest BCUT2D eigenvalue weighted by molar-refractivity contribution is -0.122. The van der Waals surface area contributed by atoms with Gasteiger partial charge in [-0.3, -0.25) is 4.79 Å². The number of likely N-dealkylation sites (N-methyl/N-ethyl adjacent to an activating group) is 1. The molecule has 0 spiro atoms. The van der Waals surface area contributed by atoms with Gasteiger partial charge in [-0.05, 0) is 19.3 Å². The molecule has 0 saturated heterocycles. The Morgan fingerprint density at radius 2 is 1.76 bits per heavy atom. The summed E-state index contributed by atoms with van der Waals surface area (Å²) in [6, 6.07) is -0.803. The van der Waals surface area contributed by atoms with Crippen molar-refractivity contribution in [1.29, 1.82) is 0 Å². The number of carbonyl (C=O) groups excluding carboxylic acids is 1. The van der Waals surface area contributed by atoms with Gasteiger partial charge in [-0.25, -0.2) is 9.59 Å². The van der Waals surface area contributed by atoms with Crippen molar-refractivity contribution >= 4 is 18.1 Å². The van der Waals surface area contributed by atoms with Crippen LogP contribution in [0.15, 0.2) is 0 Å². The molecule has 17 heavy (non-hydrogen) atoms. The molecule has 0 rings (SSSR count). The third kappa shape index (κ3) is 7.88. The summed E-state index contributed by atoms with van der Waals surface area (Å²) in [7, 11) is 1.42. The molecule has 1 atom stereocenters. The van der Waals surface area contributed by atoms with Crippen molar-refractivity contribution in [3.05, 3.63) is 0 Å². The Labute approximate surface area is 98.4 Å². The van der Waals surface area contributed by atoms with Crippen LogP contribution >= 0.6 is 0 Å². The van der Waals surface area contributed by atoms with E-state index in [1.165, 1.54) is 7.05 Å². The van der Waals surface area contributed by atoms with Crippen molar-refractivity contribution in [3.63, 3.8) is 0 Å². The van der Waals surface area contributed by atoms with Crippen molar-refractivity contribution in [3.8, 4) is 0 Å². The number of carboxylic acid groups (broad SMARTS) is 2. The molecule has 8 heteroatoms. The molecule has 0 aromatic rings. The highest BCUT2D eigenvalue weighted by molar-refractivity contribution is 5.84. The summed E-state index contributed by atoms with van der Waals surface area (Å²) in [5.74, 6) is -0.404. The second-order valence-corrected chi connectivity index (χ2v) is 3.34. The van der Waals surface area contributed by atoms with Crippen LogP contribution in [0.2, 0.25) is 0 Å². The lowest BCUT2D eigenvalue weighted by Gasteiger charge is -2.14. The van der Waals surface area contributed by atoms with E-state index in [1.807, 2.05) is 0 Å². The van der Waals surface area contributed by atoms with Crippen LogP contribution in [0.5, 0.6) is 0 Å². The van der Waals surface area contributed by atoms with Gasteiger partial charge in [-0.1, -0.05) is 0 Å². The third-order valence-corrected chi connectivity index (χ3v) is 2.06. The molecule has 0 fully saturated rings. The first-order chi connectivity index (χ1) is 7.97. The number of rotatable bonds is 7. The highest BCUT2D eigenvalue weighted by Crippen LogP contribution is 2.01. The Hall–Kier alpha value is -1.99. The molecule has 98 valence electrons. The monoisotopic (exact) mass is 247 g/mol. The molecular weight excluding hydrogens is 230 g/mol. The minimum atomic E-state index is -1.26. The van der Waals surface area contributed by atoms with Gasteiger partial charge in [0.05, 0.1) is 0 Å². The SMILES string of the molecule is CNC(=O)C(CCCCNC(=O)O)NC(=O)O. The van der Waals surface area contributed by atoms with E-state index in [1.54, 1.807) is 0 Å². The Kier molecular flexibility index (Phi) is 7.24. The average molecular weight is 247 g/mol. The summed E-state index contributed by atoms with van der Waals surface area (Å²) in [6.07, 6.45) is -0.953. The predicted octanol–water partition coefficient (Wildman–Crippen LogP) is -0.193. The number of hydrogen-bond acceptors (Lipinski definition) is 3. The van der Waals surface area contributed by atoms with E-state index in [0.29, 0.717) is 19.3 Å². The largest absolute Gasteiger partial charge is 0.465 e. The fraction of sp³-hybridized carbons (Fsp3) is 0.667. The van der Waals surface area contributed by atoms with Crippen LogP contribution < -0.4 is 16.0 Å². The van der Waals surface area contributed by atoms with Gasteiger partial charge < -0.3 is 26.2 Å². The van der Waals surface area contributed by atoms with Gasteiger partial charge in [-0.15, -0.1) is 0 Å². The molecule has 3 amide bonds. The smallest absolute Gasteiger partial charge is 0.405 e. The van der Waals surface area contributed by atoms with Gasteiger partial charge in [0.15, 0.2) is 0 Å². The van der Waals surface area contributed by atoms with Crippen LogP contribution in [0.4, 0.5) is 9.59 Å². The molecule has 0 aromatic heterocycles. The van der Waals surface area contributed by atoms with E-state index < -0.39 is 24.1 Å². The quantitative estimate of drug-likeness (QED) is 0.398. The van der Waals surface area contributed by atoms with Gasteiger partial charge in [-0.2, -0.15) is 0 Å². The fourth-order valence-corrected chi connectivity index (χ4v) is 1.26. The van der Waals surface area contributed by atoms with Crippen LogP contribution in [0.3, 0.4) is 0 Å². The van der Waals surface area contributed by atoms with Crippen LogP contribution in [-0.4, -0.2) is 47.9 Å². The van der Waals surface area contributed by atoms with Crippen molar-refractivity contribution in [1.82, 2.24) is 16.0 Å². The van der Waals surface area contributed by atoms with Crippen LogP contribution in [0.1, 0.15) is 19.3 Å². The maximum Gasteiger partial charge on any atom is 0.405 e. The maximum absolute atomic E-state index is 11.3. The number of carbonyl (C=O) groups is 3. The lowest BCUT2D eigenvalue weighted by atomic mass is 10.1. The van der Waals surface area contributed by atoms with Crippen LogP contribution in [0.25, 0.3) is 0 Å². The van der Waals surface area contributed by atoms with E-state index in [4.69, 9.17) is 10.2 Å². The number of nitrogens with one attached hydrogen (secondary N) is 3. The van der Waals surface area contributed by atoms with E-state index in [9.17, 15) is 14.4 Å². The first kappa shape index (κ1) is 15.0. The highest BCUT2D eigenvalue weighted by Gasteiger charge is 2.18. The molecule has 0 radical (unpaired) electrons. The number of hydrogen-bond donors (Lipinski definition) is 5. The number of unbranched alkanes of at least 4 members (excludes halogenated alkanes) is 1. The third-order valence-electron chi connectivity index (χ3n) is 2.06. The standard InChI is InChI=1S/C9H17N3O5/c1-10-7(13)6(12-9(16)17)4-2-3-5-11-8(14)15/h6,11-12H,2-5H2,1H3,(H,10,13)(H,14,15)(H,16,17). The van der Waals surface area contributed by atoms with Gasteiger partial charge >= 0.3 is 12.2 Å². The topological polar surface area (TPSA) is 128 Å². The molecule has 0 aliphatic heterocycles. The second-order valence-electron chi connectivity index (χ2n) is 3.34. The van der Waals surface area contributed by atoms with Crippen molar-refractivity contribution in [2.75, 3.05) is 13.6 Å². The highest BCUT2D eigenvalue weighted by atomic mass is 16.4. The summed E-state index contributed by atoms with van der Waals surface area (Å²) < 4.78 is 0. The summed E-state index contributed by atoms with van der Waals surface area (Å²) in [5.41, 5.74) is 0. The first-order valence-electron chi connectivity index (χ1n) is 5.15. The van der Waals surface area contributed by atoms with E-state index >= 15 is 0 Å². The molecule has 8 nitrogen and oxygen atoms in total. The Morgan fingerprint density at radius 1 is 1.12 bits per heavy atom. The lowest BCUT2D eigenvalue weighted by Crippen LogP contribution is -2.45. The van der Waals surface area contributed by atoms with Gasteiger partial charge in [0.1, 0.15) is 6.04 Å². The Bertz CT molecular complexity index is 282. The summed E-state index contributed by atoms with van der Waals surface area (Å²) in [4.78, 5) is 31.8. The van der Waals surface area contributed by atoms with E-state index in [2.05, 4.69) is 16.0 Å². The minimum Gasteiger partial charge on any atom is -0.465 e. The fourth-order valence-electron chi connectivity index (χ4n) is 1.26. The predicted molar refractivity (Wildman–Crippen MR) is 58.9 cm³/mol. The van der Waals surface area contributed by atoms with Crippen molar-refractivity contribution in [2.24, 2.45) is 0 Å². The first-order valence-corrected chi connectivity index (χ1v) is 5.15. The minimum absolute atomic E-state index is 0.281. The molecule has 0 aliphatic rings. The molecular formula is C9H17N3O5. The van der Waals surface area contributed by atoms with Crippen LogP contribution in [-0.2, 0) is 4.79 Å². The van der Waals surface area contributed by atoms with E-state index in [0.717, 1.165) is 0 Å². The summed E-state index contributed by atoms with van der Waals surface area (Å²) >= 11 is 0. The summed E-state index contributed by atoms with van der Waals surface area (Å²) in [6.45, 7) is 0.281. The van der Waals surface area contributed by atoms with Crippen molar-refractivity contribution in [2.45, 2.75) is 25.3 Å². The van der Waals surface area contributed by atoms with Crippen LogP contribution in [0, 0.1) is 0 Å². The molecule has 1 unspecified atom stereocenters. The summed E-state index contributed by atoms with van der Waals surface area (Å²) in [5, 5.41) is 23.5. The van der Waals surface area contributed by atoms with Gasteiger partial charge in [0, 0.05) is 13.6 Å². The molecule has 0 aliphatic carbocycles. The molecule has 0 heterocycles. The van der Waals surface area contributed by atoms with Gasteiger partial charge in [0.25, 0.3) is 0 Å². The molecule has 0 bridgehead atoms. The Morgan fingerprint density at radius 3 is 2.24 bits per heavy atom. The zero-order chi connectivity index (χ0) is 13.3.